The van der Waals surface area contributed by atoms with E-state index in [4.69, 9.17) is 0 Å². The molecule has 0 spiro atoms. The SMILES string of the molecule is CCN1CCC2(CC(C)C)CCCCC12. The van der Waals surface area contributed by atoms with Crippen LogP contribution in [0.3, 0.4) is 0 Å². The number of hydrogen-bond acceptors (Lipinski definition) is 1. The smallest absolute Gasteiger partial charge is 0.0152 e. The summed E-state index contributed by atoms with van der Waals surface area (Å²) in [7, 11) is 0. The minimum atomic E-state index is 0.711. The molecule has 15 heavy (non-hydrogen) atoms. The number of hydrogen-bond donors (Lipinski definition) is 0. The quantitative estimate of drug-likeness (QED) is 0.685. The van der Waals surface area contributed by atoms with Gasteiger partial charge < -0.3 is 4.90 Å². The van der Waals surface area contributed by atoms with Crippen molar-refractivity contribution >= 4 is 0 Å². The summed E-state index contributed by atoms with van der Waals surface area (Å²) in [5, 5.41) is 0. The van der Waals surface area contributed by atoms with Gasteiger partial charge in [0, 0.05) is 6.04 Å². The number of likely N-dealkylation sites (tertiary alicyclic amines) is 1. The van der Waals surface area contributed by atoms with Gasteiger partial charge >= 0.3 is 0 Å². The Hall–Kier alpha value is -0.0400. The Kier molecular flexibility index (Phi) is 3.39. The molecule has 1 saturated heterocycles. The zero-order valence-corrected chi connectivity index (χ0v) is 10.8. The minimum absolute atomic E-state index is 0.711. The molecule has 0 radical (unpaired) electrons. The van der Waals surface area contributed by atoms with Crippen LogP contribution in [0.4, 0.5) is 0 Å². The second kappa shape index (κ2) is 4.45. The molecule has 0 amide bonds. The van der Waals surface area contributed by atoms with Gasteiger partial charge in [0.2, 0.25) is 0 Å². The van der Waals surface area contributed by atoms with Crippen LogP contribution in [-0.4, -0.2) is 24.0 Å². The van der Waals surface area contributed by atoms with Crippen LogP contribution in [-0.2, 0) is 0 Å². The Labute approximate surface area is 95.2 Å². The molecule has 88 valence electrons. The summed E-state index contributed by atoms with van der Waals surface area (Å²) >= 11 is 0. The van der Waals surface area contributed by atoms with Crippen molar-refractivity contribution in [2.75, 3.05) is 13.1 Å². The maximum atomic E-state index is 2.75. The Morgan fingerprint density at radius 1 is 1.27 bits per heavy atom. The Morgan fingerprint density at radius 3 is 2.73 bits per heavy atom. The van der Waals surface area contributed by atoms with Crippen LogP contribution in [0, 0.1) is 11.3 Å². The first-order chi connectivity index (χ1) is 7.18. The van der Waals surface area contributed by atoms with Crippen LogP contribution in [0.5, 0.6) is 0 Å². The van der Waals surface area contributed by atoms with Crippen molar-refractivity contribution in [3.63, 3.8) is 0 Å². The minimum Gasteiger partial charge on any atom is -0.300 e. The highest BCUT2D eigenvalue weighted by atomic mass is 15.2. The van der Waals surface area contributed by atoms with Gasteiger partial charge in [0.05, 0.1) is 0 Å². The van der Waals surface area contributed by atoms with E-state index in [9.17, 15) is 0 Å². The van der Waals surface area contributed by atoms with Gasteiger partial charge in [-0.3, -0.25) is 0 Å². The van der Waals surface area contributed by atoms with E-state index in [0.717, 1.165) is 12.0 Å². The summed E-state index contributed by atoms with van der Waals surface area (Å²) < 4.78 is 0. The molecule has 0 aromatic carbocycles. The number of fused-ring (bicyclic) bond motifs is 1. The molecule has 2 rings (SSSR count). The van der Waals surface area contributed by atoms with Crippen molar-refractivity contribution in [3.05, 3.63) is 0 Å². The monoisotopic (exact) mass is 209 g/mol. The van der Waals surface area contributed by atoms with Gasteiger partial charge in [-0.25, -0.2) is 0 Å². The standard InChI is InChI=1S/C14H27N/c1-4-15-10-9-14(11-12(2)3)8-6-5-7-13(14)15/h12-13H,4-11H2,1-3H3. The average Bonchev–Trinajstić information content (AvgIpc) is 2.55. The van der Waals surface area contributed by atoms with E-state index in [2.05, 4.69) is 25.7 Å². The van der Waals surface area contributed by atoms with Crippen molar-refractivity contribution in [2.24, 2.45) is 11.3 Å². The average molecular weight is 209 g/mol. The molecule has 2 unspecified atom stereocenters. The molecule has 1 aliphatic carbocycles. The van der Waals surface area contributed by atoms with Crippen LogP contribution in [0.1, 0.15) is 59.3 Å². The van der Waals surface area contributed by atoms with E-state index in [0.29, 0.717) is 5.41 Å². The molecule has 1 heterocycles. The Morgan fingerprint density at radius 2 is 2.07 bits per heavy atom. The Balaban J connectivity index is 2.12. The summed E-state index contributed by atoms with van der Waals surface area (Å²) in [5.41, 5.74) is 0.711. The predicted octanol–water partition coefficient (Wildman–Crippen LogP) is 3.69. The van der Waals surface area contributed by atoms with Crippen molar-refractivity contribution in [1.29, 1.82) is 0 Å². The van der Waals surface area contributed by atoms with Gasteiger partial charge in [-0.15, -0.1) is 0 Å². The lowest BCUT2D eigenvalue weighted by atomic mass is 9.66. The molecule has 0 N–H and O–H groups in total. The summed E-state index contributed by atoms with van der Waals surface area (Å²) in [6.07, 6.45) is 8.88. The van der Waals surface area contributed by atoms with Crippen LogP contribution in [0.25, 0.3) is 0 Å². The summed E-state index contributed by atoms with van der Waals surface area (Å²) in [6, 6.07) is 0.929. The van der Waals surface area contributed by atoms with Crippen LogP contribution in [0.15, 0.2) is 0 Å². The Bertz CT molecular complexity index is 211. The van der Waals surface area contributed by atoms with E-state index >= 15 is 0 Å². The number of rotatable bonds is 3. The highest BCUT2D eigenvalue weighted by Gasteiger charge is 2.47. The molecule has 0 bridgehead atoms. The zero-order chi connectivity index (χ0) is 10.9. The van der Waals surface area contributed by atoms with E-state index in [1.54, 1.807) is 0 Å². The maximum Gasteiger partial charge on any atom is 0.0152 e. The normalized spacial score (nSPS) is 37.2. The summed E-state index contributed by atoms with van der Waals surface area (Å²) in [5.74, 6) is 0.877. The second-order valence-electron chi connectivity index (χ2n) is 6.10. The molecule has 2 fully saturated rings. The third kappa shape index (κ3) is 2.08. The van der Waals surface area contributed by atoms with Crippen LogP contribution < -0.4 is 0 Å². The molecule has 2 atom stereocenters. The summed E-state index contributed by atoms with van der Waals surface area (Å²) in [6.45, 7) is 9.77. The zero-order valence-electron chi connectivity index (χ0n) is 10.8. The molecule has 1 heteroatoms. The van der Waals surface area contributed by atoms with E-state index in [1.165, 1.54) is 51.6 Å². The first kappa shape index (κ1) is 11.4. The van der Waals surface area contributed by atoms with E-state index < -0.39 is 0 Å². The molecular formula is C14H27N. The highest BCUT2D eigenvalue weighted by Crippen LogP contribution is 2.50. The van der Waals surface area contributed by atoms with Gasteiger partial charge in [0.1, 0.15) is 0 Å². The molecule has 0 aromatic rings. The van der Waals surface area contributed by atoms with Gasteiger partial charge in [-0.1, -0.05) is 33.6 Å². The lowest BCUT2D eigenvalue weighted by molar-refractivity contribution is 0.0826. The van der Waals surface area contributed by atoms with Gasteiger partial charge in [0.25, 0.3) is 0 Å². The van der Waals surface area contributed by atoms with Gasteiger partial charge in [-0.05, 0) is 50.1 Å². The highest BCUT2D eigenvalue weighted by molar-refractivity contribution is 5.01. The largest absolute Gasteiger partial charge is 0.300 e. The maximum absolute atomic E-state index is 2.75. The molecule has 1 aliphatic heterocycles. The first-order valence-electron chi connectivity index (χ1n) is 6.92. The first-order valence-corrected chi connectivity index (χ1v) is 6.92. The number of nitrogens with zero attached hydrogens (tertiary/aromatic N) is 1. The fourth-order valence-corrected chi connectivity index (χ4v) is 4.20. The van der Waals surface area contributed by atoms with Gasteiger partial charge in [-0.2, -0.15) is 0 Å². The van der Waals surface area contributed by atoms with E-state index in [1.807, 2.05) is 0 Å². The molecule has 1 saturated carbocycles. The van der Waals surface area contributed by atoms with Crippen molar-refractivity contribution in [1.82, 2.24) is 4.90 Å². The topological polar surface area (TPSA) is 3.24 Å². The second-order valence-corrected chi connectivity index (χ2v) is 6.10. The third-order valence-electron chi connectivity index (χ3n) is 4.67. The lowest BCUT2D eigenvalue weighted by Crippen LogP contribution is -2.42. The van der Waals surface area contributed by atoms with Crippen LogP contribution in [0.2, 0.25) is 0 Å². The third-order valence-corrected chi connectivity index (χ3v) is 4.67. The fourth-order valence-electron chi connectivity index (χ4n) is 4.20. The molecule has 0 aromatic heterocycles. The van der Waals surface area contributed by atoms with Crippen molar-refractivity contribution in [3.8, 4) is 0 Å². The van der Waals surface area contributed by atoms with Crippen LogP contribution >= 0.6 is 0 Å². The fraction of sp³-hybridized carbons (Fsp3) is 1.00. The van der Waals surface area contributed by atoms with Crippen molar-refractivity contribution < 1.29 is 0 Å². The molecular weight excluding hydrogens is 182 g/mol. The predicted molar refractivity (Wildman–Crippen MR) is 66.0 cm³/mol. The molecule has 1 nitrogen and oxygen atoms in total. The molecule has 2 aliphatic rings. The van der Waals surface area contributed by atoms with Crippen molar-refractivity contribution in [2.45, 2.75) is 65.3 Å². The van der Waals surface area contributed by atoms with Gasteiger partial charge in [0.15, 0.2) is 0 Å². The van der Waals surface area contributed by atoms with E-state index in [-0.39, 0.29) is 0 Å². The summed E-state index contributed by atoms with van der Waals surface area (Å²) in [4.78, 5) is 2.75. The lowest BCUT2D eigenvalue weighted by Gasteiger charge is -2.43.